The van der Waals surface area contributed by atoms with Gasteiger partial charge in [0.15, 0.2) is 10.8 Å². The van der Waals surface area contributed by atoms with Crippen LogP contribution in [0.2, 0.25) is 0 Å². The fraction of sp³-hybridized carbons (Fsp3) is 0.647. The van der Waals surface area contributed by atoms with Gasteiger partial charge in [-0.25, -0.2) is 14.6 Å². The summed E-state index contributed by atoms with van der Waals surface area (Å²) >= 11 is 7.44. The van der Waals surface area contributed by atoms with Crippen molar-refractivity contribution in [3.05, 3.63) is 6.20 Å². The van der Waals surface area contributed by atoms with Gasteiger partial charge >= 0.3 is 0 Å². The maximum absolute atomic E-state index is 12.1. The molecule has 0 aromatic carbocycles. The summed E-state index contributed by atoms with van der Waals surface area (Å²) in [4.78, 5) is 21.4. The summed E-state index contributed by atoms with van der Waals surface area (Å²) in [7, 11) is 0. The van der Waals surface area contributed by atoms with E-state index in [0.29, 0.717) is 13.1 Å². The number of amides is 1. The second-order valence-corrected chi connectivity index (χ2v) is 8.46. The maximum atomic E-state index is 12.1. The molecule has 7 nitrogen and oxygen atoms in total. The molecule has 0 radical (unpaired) electrons. The van der Waals surface area contributed by atoms with E-state index in [1.165, 1.54) is 0 Å². The average Bonchev–Trinajstić information content (AvgIpc) is 2.98. The van der Waals surface area contributed by atoms with Crippen molar-refractivity contribution < 1.29 is 4.79 Å². The summed E-state index contributed by atoms with van der Waals surface area (Å²) < 4.78 is 1.80. The van der Waals surface area contributed by atoms with Crippen LogP contribution in [0, 0.1) is 5.41 Å². The molecule has 2 rings (SSSR count). The minimum Gasteiger partial charge on any atom is -0.367 e. The average molecular weight is 399 g/mol. The second kappa shape index (κ2) is 8.90. The van der Waals surface area contributed by atoms with E-state index < -0.39 is 5.41 Å². The number of nitrogens with one attached hydrogen (secondary N) is 2. The van der Waals surface area contributed by atoms with Gasteiger partial charge in [-0.2, -0.15) is 5.10 Å². The van der Waals surface area contributed by atoms with Gasteiger partial charge in [-0.3, -0.25) is 4.79 Å². The number of carbonyl (C=O) groups excluding carboxylic acids is 1. The summed E-state index contributed by atoms with van der Waals surface area (Å²) in [5.41, 5.74) is 0.180. The minimum atomic E-state index is -0.588. The largest absolute Gasteiger partial charge is 0.367 e. The highest BCUT2D eigenvalue weighted by molar-refractivity contribution is 7.99. The predicted octanol–water partition coefficient (Wildman–Crippen LogP) is 3.14. The highest BCUT2D eigenvalue weighted by Crippen LogP contribution is 2.24. The summed E-state index contributed by atoms with van der Waals surface area (Å²) in [6.07, 6.45) is 1.77. The molecule has 144 valence electrons. The fourth-order valence-corrected chi connectivity index (χ4v) is 2.94. The number of halogens is 1. The van der Waals surface area contributed by atoms with Crippen molar-refractivity contribution in [3.8, 4) is 0 Å². The van der Waals surface area contributed by atoms with Gasteiger partial charge < -0.3 is 10.6 Å². The van der Waals surface area contributed by atoms with E-state index in [1.54, 1.807) is 22.6 Å². The first-order valence-electron chi connectivity index (χ1n) is 8.75. The van der Waals surface area contributed by atoms with Gasteiger partial charge in [-0.15, -0.1) is 11.6 Å². The molecule has 0 aliphatic carbocycles. The maximum Gasteiger partial charge on any atom is 0.226 e. The minimum absolute atomic E-state index is 0.0667. The summed E-state index contributed by atoms with van der Waals surface area (Å²) in [5, 5.41) is 12.3. The van der Waals surface area contributed by atoms with Crippen molar-refractivity contribution in [2.45, 2.75) is 52.4 Å². The quantitative estimate of drug-likeness (QED) is 0.383. The molecule has 2 aromatic heterocycles. The zero-order valence-electron chi connectivity index (χ0n) is 16.0. The lowest BCUT2D eigenvalue weighted by atomic mass is 9.95. The van der Waals surface area contributed by atoms with E-state index >= 15 is 0 Å². The van der Waals surface area contributed by atoms with Crippen LogP contribution >= 0.6 is 23.4 Å². The zero-order chi connectivity index (χ0) is 19.3. The topological polar surface area (TPSA) is 84.7 Å². The van der Waals surface area contributed by atoms with Crippen molar-refractivity contribution in [1.29, 1.82) is 0 Å². The Bertz CT molecular complexity index is 761. The van der Waals surface area contributed by atoms with Gasteiger partial charge in [0, 0.05) is 18.5 Å². The number of anilines is 1. The Morgan fingerprint density at radius 3 is 2.73 bits per heavy atom. The van der Waals surface area contributed by atoms with E-state index in [-0.39, 0.29) is 17.8 Å². The molecule has 0 spiro atoms. The van der Waals surface area contributed by atoms with Crippen molar-refractivity contribution in [3.63, 3.8) is 0 Å². The number of carbonyl (C=O) groups is 1. The van der Waals surface area contributed by atoms with Crippen LogP contribution in [0.15, 0.2) is 11.4 Å². The number of nitrogens with zero attached hydrogens (tertiary/aromatic N) is 4. The van der Waals surface area contributed by atoms with Gasteiger partial charge in [0.1, 0.15) is 5.82 Å². The van der Waals surface area contributed by atoms with Gasteiger partial charge in [0.2, 0.25) is 5.91 Å². The SMILES string of the molecule is CCSc1nc(NC(C)C)c2cnn(CCNC(=O)C(C)(C)CCl)c2n1. The van der Waals surface area contributed by atoms with Crippen LogP contribution in [0.1, 0.15) is 34.6 Å². The molecule has 2 aromatic rings. The van der Waals surface area contributed by atoms with Crippen LogP contribution in [-0.2, 0) is 11.3 Å². The molecule has 9 heteroatoms. The lowest BCUT2D eigenvalue weighted by Crippen LogP contribution is -2.39. The summed E-state index contributed by atoms with van der Waals surface area (Å²) in [6, 6.07) is 0.257. The van der Waals surface area contributed by atoms with Gasteiger partial charge in [0.25, 0.3) is 0 Å². The Labute approximate surface area is 163 Å². The first-order valence-corrected chi connectivity index (χ1v) is 10.3. The Hall–Kier alpha value is -1.54. The lowest BCUT2D eigenvalue weighted by Gasteiger charge is -2.20. The van der Waals surface area contributed by atoms with E-state index in [4.69, 9.17) is 11.6 Å². The second-order valence-electron chi connectivity index (χ2n) is 6.97. The molecule has 2 heterocycles. The number of fused-ring (bicyclic) bond motifs is 1. The van der Waals surface area contributed by atoms with Gasteiger partial charge in [0.05, 0.1) is 23.5 Å². The zero-order valence-corrected chi connectivity index (χ0v) is 17.5. The van der Waals surface area contributed by atoms with Crippen LogP contribution in [0.25, 0.3) is 11.0 Å². The Morgan fingerprint density at radius 1 is 1.38 bits per heavy atom. The first-order chi connectivity index (χ1) is 12.3. The number of alkyl halides is 1. The number of thioether (sulfide) groups is 1. The van der Waals surface area contributed by atoms with Crippen LogP contribution in [-0.4, -0.2) is 49.9 Å². The Kier molecular flexibility index (Phi) is 7.11. The monoisotopic (exact) mass is 398 g/mol. The third-order valence-electron chi connectivity index (χ3n) is 3.73. The number of hydrogen-bond acceptors (Lipinski definition) is 6. The van der Waals surface area contributed by atoms with E-state index in [2.05, 4.69) is 46.5 Å². The molecule has 1 amide bonds. The molecule has 0 atom stereocenters. The summed E-state index contributed by atoms with van der Waals surface area (Å²) in [5.74, 6) is 1.89. The summed E-state index contributed by atoms with van der Waals surface area (Å²) in [6.45, 7) is 10.8. The molecule has 0 unspecified atom stereocenters. The van der Waals surface area contributed by atoms with Crippen LogP contribution in [0.3, 0.4) is 0 Å². The first kappa shape index (κ1) is 20.8. The van der Waals surface area contributed by atoms with Crippen LogP contribution in [0.5, 0.6) is 0 Å². The van der Waals surface area contributed by atoms with Crippen molar-refractivity contribution in [2.24, 2.45) is 5.41 Å². The molecule has 0 bridgehead atoms. The Morgan fingerprint density at radius 2 is 2.12 bits per heavy atom. The molecule has 0 saturated carbocycles. The predicted molar refractivity (Wildman–Crippen MR) is 108 cm³/mol. The van der Waals surface area contributed by atoms with Crippen molar-refractivity contribution in [1.82, 2.24) is 25.1 Å². The highest BCUT2D eigenvalue weighted by Gasteiger charge is 2.26. The van der Waals surface area contributed by atoms with E-state index in [1.807, 2.05) is 13.8 Å². The number of hydrogen-bond donors (Lipinski definition) is 2. The molecule has 0 fully saturated rings. The Balaban J connectivity index is 2.20. The van der Waals surface area contributed by atoms with Gasteiger partial charge in [-0.1, -0.05) is 18.7 Å². The van der Waals surface area contributed by atoms with Crippen LogP contribution in [0.4, 0.5) is 5.82 Å². The molecule has 0 saturated heterocycles. The highest BCUT2D eigenvalue weighted by atomic mass is 35.5. The standard InChI is InChI=1S/C17H27ClN6OS/c1-6-26-16-22-13(21-11(2)3)12-9-20-24(14(12)23-16)8-7-19-15(25)17(4,5)10-18/h9,11H,6-8,10H2,1-5H3,(H,19,25)(H,21,22,23). The fourth-order valence-electron chi connectivity index (χ4n) is 2.25. The molecule has 26 heavy (non-hydrogen) atoms. The lowest BCUT2D eigenvalue weighted by molar-refractivity contribution is -0.128. The van der Waals surface area contributed by atoms with Crippen molar-refractivity contribution in [2.75, 3.05) is 23.5 Å². The molecule has 0 aliphatic heterocycles. The third-order valence-corrected chi connectivity index (χ3v) is 5.13. The van der Waals surface area contributed by atoms with Gasteiger partial charge in [-0.05, 0) is 33.4 Å². The number of rotatable bonds is 9. The normalized spacial score (nSPS) is 12.0. The van der Waals surface area contributed by atoms with Crippen molar-refractivity contribution >= 4 is 46.1 Å². The molecular weight excluding hydrogens is 372 g/mol. The molecule has 2 N–H and O–H groups in total. The third kappa shape index (κ3) is 5.01. The molecular formula is C17H27ClN6OS. The van der Waals surface area contributed by atoms with Crippen LogP contribution < -0.4 is 10.6 Å². The molecule has 0 aliphatic rings. The number of aromatic nitrogens is 4. The van der Waals surface area contributed by atoms with E-state index in [0.717, 1.165) is 27.8 Å². The smallest absolute Gasteiger partial charge is 0.226 e. The van der Waals surface area contributed by atoms with E-state index in [9.17, 15) is 4.79 Å².